The fraction of sp³-hybridized carbons (Fsp3) is 0.333. The van der Waals surface area contributed by atoms with Gasteiger partial charge in [0.1, 0.15) is 0 Å². The van der Waals surface area contributed by atoms with Crippen LogP contribution < -0.4 is 4.74 Å². The third-order valence-electron chi connectivity index (χ3n) is 2.20. The number of hydrogen-bond donors (Lipinski definition) is 0. The quantitative estimate of drug-likeness (QED) is 0.442. The topological polar surface area (TPSA) is 9.23 Å². The molecule has 2 rings (SSSR count). The minimum atomic E-state index is 0. The van der Waals surface area contributed by atoms with E-state index >= 15 is 0 Å². The Bertz CT molecular complexity index is 293. The molecule has 0 aromatic heterocycles. The molecule has 0 radical (unpaired) electrons. The molecule has 96 valence electrons. The van der Waals surface area contributed by atoms with Crippen molar-refractivity contribution in [1.29, 1.82) is 0 Å². The molecule has 0 heterocycles. The summed E-state index contributed by atoms with van der Waals surface area (Å²) < 4.78 is 5.45. The summed E-state index contributed by atoms with van der Waals surface area (Å²) in [4.78, 5) is 0. The SMILES string of the molecule is CCCCCO[c-]1cccc1.[Ti].[cH-]1[cH-][cH-][cH-][cH-]1. The van der Waals surface area contributed by atoms with Crippen LogP contribution in [-0.4, -0.2) is 6.61 Å². The van der Waals surface area contributed by atoms with Gasteiger partial charge in [-0.25, -0.2) is 12.1 Å². The zero-order valence-corrected chi connectivity index (χ0v) is 12.0. The van der Waals surface area contributed by atoms with Crippen molar-refractivity contribution in [2.75, 3.05) is 6.61 Å². The first-order valence-electron chi connectivity index (χ1n) is 5.94. The fourth-order valence-corrected chi connectivity index (χ4v) is 1.32. The van der Waals surface area contributed by atoms with Crippen LogP contribution in [0, 0.1) is 0 Å². The summed E-state index contributed by atoms with van der Waals surface area (Å²) in [6.45, 7) is 3.06. The van der Waals surface area contributed by atoms with Crippen molar-refractivity contribution in [3.63, 3.8) is 0 Å². The predicted molar refractivity (Wildman–Crippen MR) is 69.1 cm³/mol. The molecule has 0 aliphatic carbocycles. The van der Waals surface area contributed by atoms with Crippen LogP contribution in [0.25, 0.3) is 0 Å². The molecule has 0 saturated carbocycles. The van der Waals surface area contributed by atoms with Gasteiger partial charge >= 0.3 is 0 Å². The first kappa shape index (κ1) is 16.2. The summed E-state index contributed by atoms with van der Waals surface area (Å²) in [7, 11) is 0. The van der Waals surface area contributed by atoms with Crippen LogP contribution in [0.3, 0.4) is 0 Å². The molecule has 0 fully saturated rings. The Morgan fingerprint density at radius 1 is 0.941 bits per heavy atom. The molecule has 0 saturated heterocycles. The second-order valence-corrected chi connectivity index (χ2v) is 3.64. The maximum absolute atomic E-state index is 5.45. The summed E-state index contributed by atoms with van der Waals surface area (Å²) >= 11 is 0. The van der Waals surface area contributed by atoms with E-state index in [2.05, 4.69) is 6.92 Å². The largest absolute Gasteiger partial charge is 0.748 e. The molecule has 0 amide bonds. The third-order valence-corrected chi connectivity index (χ3v) is 2.20. The van der Waals surface area contributed by atoms with Crippen LogP contribution in [0.5, 0.6) is 5.75 Å². The van der Waals surface area contributed by atoms with Gasteiger partial charge in [0.15, 0.2) is 0 Å². The van der Waals surface area contributed by atoms with Crippen molar-refractivity contribution >= 4 is 0 Å². The van der Waals surface area contributed by atoms with Crippen molar-refractivity contribution in [2.45, 2.75) is 26.2 Å². The van der Waals surface area contributed by atoms with E-state index in [9.17, 15) is 0 Å². The third kappa shape index (κ3) is 8.97. The Hall–Kier alpha value is -0.786. The second kappa shape index (κ2) is 11.7. The van der Waals surface area contributed by atoms with Gasteiger partial charge in [-0.1, -0.05) is 19.8 Å². The maximum Gasteiger partial charge on any atom is 0.0714 e. The molecule has 0 unspecified atom stereocenters. The molecule has 0 aliphatic heterocycles. The molecule has 1 nitrogen and oxygen atoms in total. The zero-order chi connectivity index (χ0) is 11.5. The van der Waals surface area contributed by atoms with Crippen LogP contribution in [-0.2, 0) is 21.7 Å². The summed E-state index contributed by atoms with van der Waals surface area (Å²) in [5.74, 6) is 1.00. The number of rotatable bonds is 5. The Kier molecular flexibility index (Phi) is 11.2. The van der Waals surface area contributed by atoms with E-state index in [4.69, 9.17) is 4.74 Å². The fourth-order valence-electron chi connectivity index (χ4n) is 1.32. The molecule has 2 aromatic carbocycles. The monoisotopic (exact) mass is 264 g/mol. The van der Waals surface area contributed by atoms with Crippen molar-refractivity contribution in [2.24, 2.45) is 0 Å². The van der Waals surface area contributed by atoms with Gasteiger partial charge in [-0.2, -0.15) is 0 Å². The number of unbranched alkanes of at least 4 members (excludes halogenated alkanes) is 2. The summed E-state index contributed by atoms with van der Waals surface area (Å²) in [6.07, 6.45) is 3.69. The van der Waals surface area contributed by atoms with Crippen LogP contribution >= 0.6 is 0 Å². The minimum Gasteiger partial charge on any atom is -0.748 e. The molecule has 17 heavy (non-hydrogen) atoms. The molecule has 0 aliphatic rings. The summed E-state index contributed by atoms with van der Waals surface area (Å²) in [5, 5.41) is 0. The molecule has 0 bridgehead atoms. The van der Waals surface area contributed by atoms with Crippen LogP contribution in [0.4, 0.5) is 0 Å². The summed E-state index contributed by atoms with van der Waals surface area (Å²) in [5.41, 5.74) is 0. The van der Waals surface area contributed by atoms with Gasteiger partial charge in [0, 0.05) is 27.5 Å². The van der Waals surface area contributed by atoms with E-state index in [1.54, 1.807) is 0 Å². The maximum atomic E-state index is 5.45. The van der Waals surface area contributed by atoms with Crippen molar-refractivity contribution in [3.05, 3.63) is 54.6 Å². The molecular formula is C15H20OTi-6. The van der Waals surface area contributed by atoms with Gasteiger partial charge in [0.25, 0.3) is 0 Å². The number of hydrogen-bond acceptors (Lipinski definition) is 1. The Morgan fingerprint density at radius 2 is 1.47 bits per heavy atom. The normalized spacial score (nSPS) is 8.76. The summed E-state index contributed by atoms with van der Waals surface area (Å²) in [6, 6.07) is 18.0. The Morgan fingerprint density at radius 3 is 1.94 bits per heavy atom. The standard InChI is InChI=1S/C10H15O.C5H5.Ti/c1-2-3-6-9-11-10-7-4-5-8-10;1-2-4-5-3-1;/h4-5,7-8H,2-3,6,9H2,1H3;1-5H;/q-1;-5;. The first-order valence-corrected chi connectivity index (χ1v) is 5.94. The molecule has 0 N–H and O–H groups in total. The second-order valence-electron chi connectivity index (χ2n) is 3.64. The molecule has 0 atom stereocenters. The minimum absolute atomic E-state index is 0. The van der Waals surface area contributed by atoms with Gasteiger partial charge in [0.2, 0.25) is 0 Å². The van der Waals surface area contributed by atoms with Crippen molar-refractivity contribution < 1.29 is 26.5 Å². The Labute approximate surface area is 119 Å². The van der Waals surface area contributed by atoms with E-state index in [-0.39, 0.29) is 21.7 Å². The van der Waals surface area contributed by atoms with Gasteiger partial charge < -0.3 is 35.1 Å². The van der Waals surface area contributed by atoms with Gasteiger partial charge in [-0.3, -0.25) is 0 Å². The van der Waals surface area contributed by atoms with Crippen LogP contribution in [0.15, 0.2) is 54.6 Å². The molecule has 2 heteroatoms. The van der Waals surface area contributed by atoms with E-state index in [0.717, 1.165) is 12.4 Å². The molecular weight excluding hydrogens is 244 g/mol. The predicted octanol–water partition coefficient (Wildman–Crippen LogP) is 4.38. The Balaban J connectivity index is 0.000000360. The van der Waals surface area contributed by atoms with Crippen molar-refractivity contribution in [1.82, 2.24) is 0 Å². The average Bonchev–Trinajstić information content (AvgIpc) is 2.99. The van der Waals surface area contributed by atoms with Crippen molar-refractivity contribution in [3.8, 4) is 5.75 Å². The first-order chi connectivity index (χ1) is 7.93. The molecule has 0 spiro atoms. The number of ether oxygens (including phenoxy) is 1. The van der Waals surface area contributed by atoms with Gasteiger partial charge in [-0.15, -0.1) is 12.1 Å². The van der Waals surface area contributed by atoms with Gasteiger partial charge in [0.05, 0.1) is 6.61 Å². The van der Waals surface area contributed by atoms with E-state index in [0.29, 0.717) is 0 Å². The average molecular weight is 264 g/mol. The van der Waals surface area contributed by atoms with Crippen LogP contribution in [0.2, 0.25) is 0 Å². The zero-order valence-electron chi connectivity index (χ0n) is 10.4. The van der Waals surface area contributed by atoms with Gasteiger partial charge in [-0.05, 0) is 6.42 Å². The van der Waals surface area contributed by atoms with Crippen LogP contribution in [0.1, 0.15) is 26.2 Å². The smallest absolute Gasteiger partial charge is 0.0714 e. The van der Waals surface area contributed by atoms with E-state index in [1.165, 1.54) is 19.3 Å². The van der Waals surface area contributed by atoms with E-state index in [1.807, 2.05) is 54.6 Å². The molecule has 2 aromatic rings. The van der Waals surface area contributed by atoms with E-state index < -0.39 is 0 Å².